The molecule has 5 heteroatoms. The van der Waals surface area contributed by atoms with Gasteiger partial charge in [-0.2, -0.15) is 0 Å². The van der Waals surface area contributed by atoms with Gasteiger partial charge in [-0.1, -0.05) is 0 Å². The van der Waals surface area contributed by atoms with Gasteiger partial charge in [0.25, 0.3) is 0 Å². The van der Waals surface area contributed by atoms with E-state index >= 15 is 0 Å². The van der Waals surface area contributed by atoms with E-state index in [4.69, 9.17) is 4.74 Å². The third kappa shape index (κ3) is 8.21. The number of aliphatic hydroxyl groups is 1. The number of aliphatic hydroxyl groups excluding tert-OH is 1. The van der Waals surface area contributed by atoms with Crippen LogP contribution in [-0.2, 0) is 14.6 Å². The molecular formula is C8H18O4S. The Labute approximate surface area is 79.8 Å². The molecule has 0 aromatic carbocycles. The summed E-state index contributed by atoms with van der Waals surface area (Å²) in [6.45, 7) is 1.84. The monoisotopic (exact) mass is 210 g/mol. The summed E-state index contributed by atoms with van der Waals surface area (Å²) in [6, 6.07) is 0. The fourth-order valence-corrected chi connectivity index (χ4v) is 1.65. The van der Waals surface area contributed by atoms with Gasteiger partial charge in [0.2, 0.25) is 0 Å². The Kier molecular flexibility index (Phi) is 5.51. The SMILES string of the molecule is COC(C)CC(O)CCS(C)(=O)=O. The van der Waals surface area contributed by atoms with Crippen molar-refractivity contribution in [3.63, 3.8) is 0 Å². The lowest BCUT2D eigenvalue weighted by Crippen LogP contribution is -2.19. The highest BCUT2D eigenvalue weighted by Crippen LogP contribution is 2.05. The predicted octanol–water partition coefficient (Wildman–Crippen LogP) is 0.207. The summed E-state index contributed by atoms with van der Waals surface area (Å²) in [5.74, 6) is 0.0323. The van der Waals surface area contributed by atoms with Gasteiger partial charge < -0.3 is 9.84 Å². The van der Waals surface area contributed by atoms with Gasteiger partial charge in [-0.25, -0.2) is 8.42 Å². The zero-order chi connectivity index (χ0) is 10.5. The first-order valence-corrected chi connectivity index (χ1v) is 6.30. The lowest BCUT2D eigenvalue weighted by atomic mass is 10.1. The predicted molar refractivity (Wildman–Crippen MR) is 51.4 cm³/mol. The minimum absolute atomic E-state index is 0.0323. The van der Waals surface area contributed by atoms with Crippen LogP contribution in [0.3, 0.4) is 0 Å². The lowest BCUT2D eigenvalue weighted by Gasteiger charge is -2.14. The van der Waals surface area contributed by atoms with E-state index < -0.39 is 15.9 Å². The van der Waals surface area contributed by atoms with Crippen LogP contribution in [0, 0.1) is 0 Å². The molecule has 13 heavy (non-hydrogen) atoms. The van der Waals surface area contributed by atoms with Crippen LogP contribution in [0.25, 0.3) is 0 Å². The number of sulfone groups is 1. The zero-order valence-corrected chi connectivity index (χ0v) is 9.17. The highest BCUT2D eigenvalue weighted by molar-refractivity contribution is 7.90. The summed E-state index contributed by atoms with van der Waals surface area (Å²) >= 11 is 0. The number of hydrogen-bond acceptors (Lipinski definition) is 4. The van der Waals surface area contributed by atoms with Crippen molar-refractivity contribution in [3.8, 4) is 0 Å². The van der Waals surface area contributed by atoms with Gasteiger partial charge >= 0.3 is 0 Å². The van der Waals surface area contributed by atoms with Crippen molar-refractivity contribution < 1.29 is 18.3 Å². The first-order valence-electron chi connectivity index (χ1n) is 4.23. The first-order chi connectivity index (χ1) is 5.85. The van der Waals surface area contributed by atoms with E-state index in [0.29, 0.717) is 6.42 Å². The second-order valence-electron chi connectivity index (χ2n) is 3.35. The zero-order valence-electron chi connectivity index (χ0n) is 8.36. The maximum atomic E-state index is 10.7. The highest BCUT2D eigenvalue weighted by atomic mass is 32.2. The average molecular weight is 210 g/mol. The lowest BCUT2D eigenvalue weighted by molar-refractivity contribution is 0.0552. The molecule has 0 radical (unpaired) electrons. The molecule has 0 spiro atoms. The fourth-order valence-electron chi connectivity index (χ4n) is 0.947. The molecule has 0 saturated carbocycles. The van der Waals surface area contributed by atoms with Crippen LogP contribution in [0.1, 0.15) is 19.8 Å². The normalized spacial score (nSPS) is 16.9. The summed E-state index contributed by atoms with van der Waals surface area (Å²) < 4.78 is 26.4. The molecule has 0 amide bonds. The van der Waals surface area contributed by atoms with Crippen LogP contribution in [0.4, 0.5) is 0 Å². The summed E-state index contributed by atoms with van der Waals surface area (Å²) in [7, 11) is -1.40. The molecule has 4 nitrogen and oxygen atoms in total. The molecule has 0 rings (SSSR count). The van der Waals surface area contributed by atoms with Crippen LogP contribution in [0.2, 0.25) is 0 Å². The molecule has 0 fully saturated rings. The van der Waals surface area contributed by atoms with Gasteiger partial charge in [0.15, 0.2) is 0 Å². The van der Waals surface area contributed by atoms with Crippen molar-refractivity contribution in [2.24, 2.45) is 0 Å². The molecule has 0 aliphatic heterocycles. The highest BCUT2D eigenvalue weighted by Gasteiger charge is 2.12. The van der Waals surface area contributed by atoms with E-state index in [1.165, 1.54) is 6.26 Å². The van der Waals surface area contributed by atoms with Gasteiger partial charge in [-0.3, -0.25) is 0 Å². The minimum Gasteiger partial charge on any atom is -0.393 e. The summed E-state index contributed by atoms with van der Waals surface area (Å²) in [5, 5.41) is 9.37. The molecule has 2 unspecified atom stereocenters. The summed E-state index contributed by atoms with van der Waals surface area (Å²) in [6.07, 6.45) is 1.30. The van der Waals surface area contributed by atoms with E-state index in [9.17, 15) is 13.5 Å². The van der Waals surface area contributed by atoms with Crippen molar-refractivity contribution >= 4 is 9.84 Å². The van der Waals surface area contributed by atoms with Gasteiger partial charge in [0.1, 0.15) is 9.84 Å². The molecule has 0 aliphatic carbocycles. The number of methoxy groups -OCH3 is 1. The maximum absolute atomic E-state index is 10.7. The van der Waals surface area contributed by atoms with Crippen molar-refractivity contribution in [2.45, 2.75) is 32.0 Å². The Morgan fingerprint density at radius 3 is 2.38 bits per heavy atom. The van der Waals surface area contributed by atoms with Crippen LogP contribution in [0.15, 0.2) is 0 Å². The number of hydrogen-bond donors (Lipinski definition) is 1. The summed E-state index contributed by atoms with van der Waals surface area (Å²) in [5.41, 5.74) is 0. The Morgan fingerprint density at radius 2 is 2.00 bits per heavy atom. The van der Waals surface area contributed by atoms with E-state index in [1.807, 2.05) is 6.92 Å². The Morgan fingerprint density at radius 1 is 1.46 bits per heavy atom. The minimum atomic E-state index is -2.96. The largest absolute Gasteiger partial charge is 0.393 e. The van der Waals surface area contributed by atoms with E-state index in [-0.39, 0.29) is 18.3 Å². The number of ether oxygens (including phenoxy) is 1. The maximum Gasteiger partial charge on any atom is 0.147 e. The molecule has 0 aromatic rings. The third-order valence-corrected chi connectivity index (χ3v) is 2.81. The third-order valence-electron chi connectivity index (χ3n) is 1.83. The van der Waals surface area contributed by atoms with Crippen LogP contribution in [-0.4, -0.2) is 44.9 Å². The van der Waals surface area contributed by atoms with Gasteiger partial charge in [-0.05, 0) is 19.8 Å². The average Bonchev–Trinajstić information content (AvgIpc) is 1.99. The van der Waals surface area contributed by atoms with E-state index in [2.05, 4.69) is 0 Å². The molecule has 80 valence electrons. The fraction of sp³-hybridized carbons (Fsp3) is 1.00. The Balaban J connectivity index is 3.69. The standard InChI is InChI=1S/C8H18O4S/c1-7(12-2)6-8(9)4-5-13(3,10)11/h7-9H,4-6H2,1-3H3. The molecule has 0 bridgehead atoms. The first kappa shape index (κ1) is 12.9. The molecule has 0 heterocycles. The van der Waals surface area contributed by atoms with E-state index in [0.717, 1.165) is 0 Å². The second kappa shape index (κ2) is 5.57. The molecule has 0 saturated heterocycles. The van der Waals surface area contributed by atoms with Gasteiger partial charge in [0, 0.05) is 13.4 Å². The molecule has 1 N–H and O–H groups in total. The van der Waals surface area contributed by atoms with Crippen molar-refractivity contribution in [3.05, 3.63) is 0 Å². The van der Waals surface area contributed by atoms with Crippen LogP contribution >= 0.6 is 0 Å². The molecular weight excluding hydrogens is 192 g/mol. The summed E-state index contributed by atoms with van der Waals surface area (Å²) in [4.78, 5) is 0. The van der Waals surface area contributed by atoms with Gasteiger partial charge in [0.05, 0.1) is 18.0 Å². The van der Waals surface area contributed by atoms with Crippen LogP contribution in [0.5, 0.6) is 0 Å². The Hall–Kier alpha value is -0.130. The second-order valence-corrected chi connectivity index (χ2v) is 5.61. The topological polar surface area (TPSA) is 63.6 Å². The quantitative estimate of drug-likeness (QED) is 0.680. The van der Waals surface area contributed by atoms with Crippen LogP contribution < -0.4 is 0 Å². The van der Waals surface area contributed by atoms with E-state index in [1.54, 1.807) is 7.11 Å². The smallest absolute Gasteiger partial charge is 0.147 e. The Bertz CT molecular complexity index is 222. The van der Waals surface area contributed by atoms with Crippen molar-refractivity contribution in [1.29, 1.82) is 0 Å². The van der Waals surface area contributed by atoms with Crippen molar-refractivity contribution in [2.75, 3.05) is 19.1 Å². The molecule has 2 atom stereocenters. The van der Waals surface area contributed by atoms with Gasteiger partial charge in [-0.15, -0.1) is 0 Å². The number of rotatable bonds is 6. The van der Waals surface area contributed by atoms with Crippen molar-refractivity contribution in [1.82, 2.24) is 0 Å². The molecule has 0 aromatic heterocycles. The molecule has 0 aliphatic rings.